The minimum Gasteiger partial charge on any atom is -0.393 e. The van der Waals surface area contributed by atoms with E-state index in [2.05, 4.69) is 20.7 Å². The van der Waals surface area contributed by atoms with Crippen LogP contribution in [0.5, 0.6) is 0 Å². The Bertz CT molecular complexity index is 325. The number of H-pyrrole nitrogens is 1. The van der Waals surface area contributed by atoms with Gasteiger partial charge in [0, 0.05) is 12.5 Å². The summed E-state index contributed by atoms with van der Waals surface area (Å²) in [6.45, 7) is 0.507. The third-order valence-electron chi connectivity index (χ3n) is 2.79. The molecular formula is C9H14N4O2. The van der Waals surface area contributed by atoms with Crippen molar-refractivity contribution >= 4 is 5.91 Å². The second kappa shape index (κ2) is 4.39. The standard InChI is InChI=1S/C9H14N4O2/c14-8-3-1-2-6(8)4-10-9(15)7-5-11-13-12-7/h5-6,8,14H,1-4H2,(H,10,15)(H,11,12,13). The van der Waals surface area contributed by atoms with Crippen LogP contribution in [0.25, 0.3) is 0 Å². The average Bonchev–Trinajstić information content (AvgIpc) is 2.85. The van der Waals surface area contributed by atoms with Gasteiger partial charge in [-0.25, -0.2) is 0 Å². The summed E-state index contributed by atoms with van der Waals surface area (Å²) in [6, 6.07) is 0. The summed E-state index contributed by atoms with van der Waals surface area (Å²) in [5.41, 5.74) is 0.280. The maximum Gasteiger partial charge on any atom is 0.273 e. The van der Waals surface area contributed by atoms with Gasteiger partial charge in [0.05, 0.1) is 12.3 Å². The van der Waals surface area contributed by atoms with Crippen LogP contribution >= 0.6 is 0 Å². The molecule has 82 valence electrons. The van der Waals surface area contributed by atoms with Gasteiger partial charge >= 0.3 is 0 Å². The van der Waals surface area contributed by atoms with Crippen molar-refractivity contribution in [2.75, 3.05) is 6.54 Å². The topological polar surface area (TPSA) is 90.9 Å². The minimum absolute atomic E-state index is 0.181. The fourth-order valence-electron chi connectivity index (χ4n) is 1.88. The molecule has 2 unspecified atom stereocenters. The maximum absolute atomic E-state index is 11.5. The first-order valence-corrected chi connectivity index (χ1v) is 5.09. The van der Waals surface area contributed by atoms with Gasteiger partial charge in [0.1, 0.15) is 0 Å². The van der Waals surface area contributed by atoms with Crippen molar-refractivity contribution in [3.05, 3.63) is 11.9 Å². The van der Waals surface area contributed by atoms with Crippen LogP contribution in [-0.2, 0) is 0 Å². The van der Waals surface area contributed by atoms with Crippen LogP contribution in [0.2, 0.25) is 0 Å². The van der Waals surface area contributed by atoms with Crippen LogP contribution in [0, 0.1) is 5.92 Å². The fraction of sp³-hybridized carbons (Fsp3) is 0.667. The Balaban J connectivity index is 1.81. The molecule has 0 aliphatic heterocycles. The molecule has 0 aromatic carbocycles. The van der Waals surface area contributed by atoms with Crippen LogP contribution in [-0.4, -0.2) is 39.1 Å². The van der Waals surface area contributed by atoms with E-state index < -0.39 is 0 Å². The summed E-state index contributed by atoms with van der Waals surface area (Å²) in [5, 5.41) is 21.9. The van der Waals surface area contributed by atoms with Gasteiger partial charge in [-0.2, -0.15) is 15.4 Å². The molecule has 15 heavy (non-hydrogen) atoms. The molecule has 0 spiro atoms. The molecule has 1 saturated carbocycles. The molecule has 3 N–H and O–H groups in total. The van der Waals surface area contributed by atoms with Crippen molar-refractivity contribution in [2.24, 2.45) is 5.92 Å². The number of amides is 1. The number of carbonyl (C=O) groups excluding carboxylic acids is 1. The number of hydrogen-bond acceptors (Lipinski definition) is 4. The average molecular weight is 210 g/mol. The Kier molecular flexibility index (Phi) is 2.96. The zero-order valence-electron chi connectivity index (χ0n) is 8.31. The Labute approximate surface area is 87.1 Å². The smallest absolute Gasteiger partial charge is 0.273 e. The number of carbonyl (C=O) groups is 1. The Morgan fingerprint density at radius 2 is 2.53 bits per heavy atom. The molecule has 6 nitrogen and oxygen atoms in total. The number of aromatic nitrogens is 3. The Hall–Kier alpha value is -1.43. The molecule has 1 amide bonds. The van der Waals surface area contributed by atoms with Crippen molar-refractivity contribution in [3.8, 4) is 0 Å². The quantitative estimate of drug-likeness (QED) is 0.638. The van der Waals surface area contributed by atoms with Crippen molar-refractivity contribution < 1.29 is 9.90 Å². The highest BCUT2D eigenvalue weighted by Gasteiger charge is 2.25. The van der Waals surface area contributed by atoms with Gasteiger partial charge in [0.15, 0.2) is 5.69 Å². The van der Waals surface area contributed by atoms with E-state index in [9.17, 15) is 9.90 Å². The largest absolute Gasteiger partial charge is 0.393 e. The number of rotatable bonds is 3. The number of aromatic amines is 1. The molecule has 1 heterocycles. The second-order valence-electron chi connectivity index (χ2n) is 3.82. The van der Waals surface area contributed by atoms with Crippen molar-refractivity contribution in [3.63, 3.8) is 0 Å². The molecular weight excluding hydrogens is 196 g/mol. The third-order valence-corrected chi connectivity index (χ3v) is 2.79. The SMILES string of the molecule is O=C(NCC1CCCC1O)c1cn[nH]n1. The minimum atomic E-state index is -0.275. The van der Waals surface area contributed by atoms with E-state index in [1.807, 2.05) is 0 Å². The fourth-order valence-corrected chi connectivity index (χ4v) is 1.88. The van der Waals surface area contributed by atoms with E-state index in [4.69, 9.17) is 0 Å². The lowest BCUT2D eigenvalue weighted by Crippen LogP contribution is -2.32. The van der Waals surface area contributed by atoms with Gasteiger partial charge in [-0.1, -0.05) is 6.42 Å². The zero-order chi connectivity index (χ0) is 10.7. The van der Waals surface area contributed by atoms with Gasteiger partial charge < -0.3 is 10.4 Å². The van der Waals surface area contributed by atoms with E-state index in [1.165, 1.54) is 6.20 Å². The van der Waals surface area contributed by atoms with Gasteiger partial charge in [-0.15, -0.1) is 0 Å². The monoisotopic (exact) mass is 210 g/mol. The van der Waals surface area contributed by atoms with Crippen molar-refractivity contribution in [2.45, 2.75) is 25.4 Å². The number of nitrogens with one attached hydrogen (secondary N) is 2. The highest BCUT2D eigenvalue weighted by atomic mass is 16.3. The summed E-state index contributed by atoms with van der Waals surface area (Å²) in [7, 11) is 0. The highest BCUT2D eigenvalue weighted by molar-refractivity contribution is 5.91. The van der Waals surface area contributed by atoms with E-state index >= 15 is 0 Å². The van der Waals surface area contributed by atoms with E-state index in [1.54, 1.807) is 0 Å². The van der Waals surface area contributed by atoms with Crippen molar-refractivity contribution in [1.29, 1.82) is 0 Å². The summed E-state index contributed by atoms with van der Waals surface area (Å²) >= 11 is 0. The van der Waals surface area contributed by atoms with Gasteiger partial charge in [-0.05, 0) is 12.8 Å². The van der Waals surface area contributed by atoms with Gasteiger partial charge in [0.25, 0.3) is 5.91 Å². The number of aliphatic hydroxyl groups excluding tert-OH is 1. The lowest BCUT2D eigenvalue weighted by atomic mass is 10.1. The van der Waals surface area contributed by atoms with Gasteiger partial charge in [-0.3, -0.25) is 4.79 Å². The maximum atomic E-state index is 11.5. The van der Waals surface area contributed by atoms with E-state index in [0.29, 0.717) is 6.54 Å². The lowest BCUT2D eigenvalue weighted by molar-refractivity contribution is 0.0912. The van der Waals surface area contributed by atoms with Crippen LogP contribution in [0.1, 0.15) is 29.8 Å². The molecule has 0 saturated heterocycles. The molecule has 1 aliphatic carbocycles. The summed E-state index contributed by atoms with van der Waals surface area (Å²) in [4.78, 5) is 11.5. The summed E-state index contributed by atoms with van der Waals surface area (Å²) in [6.07, 6.45) is 3.94. The molecule has 2 atom stereocenters. The first kappa shape index (κ1) is 10.1. The molecule has 6 heteroatoms. The Morgan fingerprint density at radius 1 is 1.67 bits per heavy atom. The van der Waals surface area contributed by atoms with Crippen LogP contribution < -0.4 is 5.32 Å². The predicted molar refractivity (Wildman–Crippen MR) is 52.1 cm³/mol. The first-order chi connectivity index (χ1) is 7.27. The number of aliphatic hydroxyl groups is 1. The molecule has 1 aliphatic rings. The Morgan fingerprint density at radius 3 is 3.13 bits per heavy atom. The third kappa shape index (κ3) is 2.33. The summed E-state index contributed by atoms with van der Waals surface area (Å²) in [5.74, 6) is -0.0660. The summed E-state index contributed by atoms with van der Waals surface area (Å²) < 4.78 is 0. The predicted octanol–water partition coefficient (Wildman–Crippen LogP) is -0.305. The van der Waals surface area contributed by atoms with Crippen molar-refractivity contribution in [1.82, 2.24) is 20.7 Å². The van der Waals surface area contributed by atoms with E-state index in [-0.39, 0.29) is 23.6 Å². The van der Waals surface area contributed by atoms with E-state index in [0.717, 1.165) is 19.3 Å². The first-order valence-electron chi connectivity index (χ1n) is 5.09. The molecule has 0 bridgehead atoms. The van der Waals surface area contributed by atoms with Gasteiger partial charge in [0.2, 0.25) is 0 Å². The second-order valence-corrected chi connectivity index (χ2v) is 3.82. The van der Waals surface area contributed by atoms with Crippen LogP contribution in [0.15, 0.2) is 6.20 Å². The highest BCUT2D eigenvalue weighted by Crippen LogP contribution is 2.24. The molecule has 2 rings (SSSR count). The molecule has 1 aromatic rings. The molecule has 0 radical (unpaired) electrons. The molecule has 1 fully saturated rings. The zero-order valence-corrected chi connectivity index (χ0v) is 8.31. The lowest BCUT2D eigenvalue weighted by Gasteiger charge is -2.14. The van der Waals surface area contributed by atoms with Crippen LogP contribution in [0.3, 0.4) is 0 Å². The van der Waals surface area contributed by atoms with Crippen LogP contribution in [0.4, 0.5) is 0 Å². The number of nitrogens with zero attached hydrogens (tertiary/aromatic N) is 2. The number of hydrogen-bond donors (Lipinski definition) is 3. The molecule has 1 aromatic heterocycles. The normalized spacial score (nSPS) is 25.4.